The van der Waals surface area contributed by atoms with Gasteiger partial charge in [-0.15, -0.1) is 0 Å². The summed E-state index contributed by atoms with van der Waals surface area (Å²) in [5.74, 6) is 0.889. The second kappa shape index (κ2) is 6.78. The Morgan fingerprint density at radius 2 is 1.95 bits per heavy atom. The summed E-state index contributed by atoms with van der Waals surface area (Å²) in [5, 5.41) is 4.19. The van der Waals surface area contributed by atoms with Crippen molar-refractivity contribution in [2.45, 2.75) is 19.4 Å². The number of nitrogens with one attached hydrogen (secondary N) is 1. The van der Waals surface area contributed by atoms with Crippen LogP contribution in [0.5, 0.6) is 5.75 Å². The van der Waals surface area contributed by atoms with E-state index in [2.05, 4.69) is 30.4 Å². The molecule has 1 atom stereocenters. The highest BCUT2D eigenvalue weighted by molar-refractivity contribution is 6.31. The van der Waals surface area contributed by atoms with E-state index < -0.39 is 0 Å². The molecule has 0 aliphatic carbocycles. The number of hydrogen-bond donors (Lipinski definition) is 1. The van der Waals surface area contributed by atoms with Crippen LogP contribution < -0.4 is 10.1 Å². The Labute approximate surface area is 125 Å². The monoisotopic (exact) mass is 289 g/mol. The average Bonchev–Trinajstić information content (AvgIpc) is 2.48. The molecule has 0 fully saturated rings. The number of rotatable bonds is 5. The molecule has 0 saturated heterocycles. The summed E-state index contributed by atoms with van der Waals surface area (Å²) >= 11 is 6.22. The largest absolute Gasteiger partial charge is 0.497 e. The molecule has 0 radical (unpaired) electrons. The Hall–Kier alpha value is -1.51. The Morgan fingerprint density at radius 3 is 2.65 bits per heavy atom. The van der Waals surface area contributed by atoms with Gasteiger partial charge in [0.2, 0.25) is 0 Å². The molecule has 3 heteroatoms. The van der Waals surface area contributed by atoms with Gasteiger partial charge in [0.25, 0.3) is 0 Å². The molecule has 0 bridgehead atoms. The van der Waals surface area contributed by atoms with E-state index >= 15 is 0 Å². The van der Waals surface area contributed by atoms with Crippen molar-refractivity contribution in [2.24, 2.45) is 0 Å². The van der Waals surface area contributed by atoms with Crippen LogP contribution in [-0.2, 0) is 6.42 Å². The molecule has 2 rings (SSSR count). The zero-order valence-corrected chi connectivity index (χ0v) is 12.9. The quantitative estimate of drug-likeness (QED) is 0.892. The van der Waals surface area contributed by atoms with E-state index in [4.69, 9.17) is 16.3 Å². The van der Waals surface area contributed by atoms with Crippen LogP contribution in [0.15, 0.2) is 42.5 Å². The van der Waals surface area contributed by atoms with Crippen LogP contribution in [0, 0.1) is 6.92 Å². The topological polar surface area (TPSA) is 21.3 Å². The Morgan fingerprint density at radius 1 is 1.20 bits per heavy atom. The normalized spacial score (nSPS) is 12.2. The molecule has 106 valence electrons. The van der Waals surface area contributed by atoms with Crippen LogP contribution in [0.4, 0.5) is 0 Å². The summed E-state index contributed by atoms with van der Waals surface area (Å²) < 4.78 is 5.28. The molecule has 2 aromatic rings. The summed E-state index contributed by atoms with van der Waals surface area (Å²) in [5.41, 5.74) is 3.61. The summed E-state index contributed by atoms with van der Waals surface area (Å²) in [6.07, 6.45) is 0.898. The molecule has 0 aliphatic heterocycles. The SMILES string of the molecule is CNC(Cc1cccc(OC)c1)c1cccc(Cl)c1C. The highest BCUT2D eigenvalue weighted by Crippen LogP contribution is 2.27. The molecular weight excluding hydrogens is 270 g/mol. The highest BCUT2D eigenvalue weighted by Gasteiger charge is 2.14. The third-order valence-electron chi connectivity index (χ3n) is 3.61. The van der Waals surface area contributed by atoms with Gasteiger partial charge in [-0.2, -0.15) is 0 Å². The molecule has 0 saturated carbocycles. The van der Waals surface area contributed by atoms with Gasteiger partial charge in [-0.05, 0) is 55.3 Å². The lowest BCUT2D eigenvalue weighted by Gasteiger charge is -2.20. The molecule has 1 unspecified atom stereocenters. The smallest absolute Gasteiger partial charge is 0.119 e. The maximum atomic E-state index is 6.22. The van der Waals surface area contributed by atoms with Crippen LogP contribution in [0.1, 0.15) is 22.7 Å². The van der Waals surface area contributed by atoms with Crippen molar-refractivity contribution in [1.29, 1.82) is 0 Å². The predicted molar refractivity (Wildman–Crippen MR) is 84.7 cm³/mol. The summed E-state index contributed by atoms with van der Waals surface area (Å²) in [7, 11) is 3.67. The molecule has 0 amide bonds. The van der Waals surface area contributed by atoms with Gasteiger partial charge in [-0.1, -0.05) is 35.9 Å². The van der Waals surface area contributed by atoms with Crippen LogP contribution in [0.2, 0.25) is 5.02 Å². The number of halogens is 1. The lowest BCUT2D eigenvalue weighted by atomic mass is 9.95. The summed E-state index contributed by atoms with van der Waals surface area (Å²) in [6, 6.07) is 14.5. The zero-order chi connectivity index (χ0) is 14.5. The lowest BCUT2D eigenvalue weighted by molar-refractivity contribution is 0.414. The van der Waals surface area contributed by atoms with Gasteiger partial charge in [0.15, 0.2) is 0 Å². The van der Waals surface area contributed by atoms with Crippen molar-refractivity contribution in [3.05, 3.63) is 64.2 Å². The second-order valence-corrected chi connectivity index (χ2v) is 5.26. The maximum Gasteiger partial charge on any atom is 0.119 e. The van der Waals surface area contributed by atoms with Crippen molar-refractivity contribution >= 4 is 11.6 Å². The third kappa shape index (κ3) is 3.33. The fourth-order valence-corrected chi connectivity index (χ4v) is 2.59. The molecule has 2 aromatic carbocycles. The minimum atomic E-state index is 0.237. The first-order valence-corrected chi connectivity index (χ1v) is 7.08. The number of likely N-dealkylation sites (N-methyl/N-ethyl adjacent to an activating group) is 1. The van der Waals surface area contributed by atoms with Gasteiger partial charge >= 0.3 is 0 Å². The number of benzene rings is 2. The molecule has 20 heavy (non-hydrogen) atoms. The highest BCUT2D eigenvalue weighted by atomic mass is 35.5. The first-order valence-electron chi connectivity index (χ1n) is 6.71. The molecule has 2 nitrogen and oxygen atoms in total. The van der Waals surface area contributed by atoms with Gasteiger partial charge in [0.1, 0.15) is 5.75 Å². The van der Waals surface area contributed by atoms with Crippen molar-refractivity contribution < 1.29 is 4.74 Å². The predicted octanol–water partition coefficient (Wildman–Crippen LogP) is 4.16. The summed E-state index contributed by atoms with van der Waals surface area (Å²) in [6.45, 7) is 2.06. The minimum absolute atomic E-state index is 0.237. The Balaban J connectivity index is 2.26. The van der Waals surface area contributed by atoms with E-state index in [0.29, 0.717) is 0 Å². The maximum absolute atomic E-state index is 6.22. The fraction of sp³-hybridized carbons (Fsp3) is 0.294. The van der Waals surface area contributed by atoms with Gasteiger partial charge in [-0.25, -0.2) is 0 Å². The van der Waals surface area contributed by atoms with Gasteiger partial charge < -0.3 is 10.1 Å². The van der Waals surface area contributed by atoms with Crippen molar-refractivity contribution in [2.75, 3.05) is 14.2 Å². The molecule has 0 heterocycles. The number of methoxy groups -OCH3 is 1. The van der Waals surface area contributed by atoms with E-state index in [1.165, 1.54) is 11.1 Å². The van der Waals surface area contributed by atoms with Crippen LogP contribution in [0.25, 0.3) is 0 Å². The van der Waals surface area contributed by atoms with E-state index in [1.54, 1.807) is 7.11 Å². The number of ether oxygens (including phenoxy) is 1. The lowest BCUT2D eigenvalue weighted by Crippen LogP contribution is -2.20. The van der Waals surface area contributed by atoms with Crippen molar-refractivity contribution in [3.8, 4) is 5.75 Å². The molecule has 0 aliphatic rings. The minimum Gasteiger partial charge on any atom is -0.497 e. The van der Waals surface area contributed by atoms with E-state index in [-0.39, 0.29) is 6.04 Å². The Bertz CT molecular complexity index is 583. The van der Waals surface area contributed by atoms with Crippen molar-refractivity contribution in [1.82, 2.24) is 5.32 Å². The van der Waals surface area contributed by atoms with Crippen LogP contribution in [-0.4, -0.2) is 14.2 Å². The second-order valence-electron chi connectivity index (χ2n) is 4.85. The Kier molecular flexibility index (Phi) is 5.05. The van der Waals surface area contributed by atoms with Gasteiger partial charge in [-0.3, -0.25) is 0 Å². The summed E-state index contributed by atoms with van der Waals surface area (Å²) in [4.78, 5) is 0. The van der Waals surface area contributed by atoms with Crippen molar-refractivity contribution in [3.63, 3.8) is 0 Å². The van der Waals surface area contributed by atoms with Crippen LogP contribution >= 0.6 is 11.6 Å². The van der Waals surface area contributed by atoms with Crippen LogP contribution in [0.3, 0.4) is 0 Å². The standard InChI is InChI=1S/C17H20ClNO/c1-12-15(8-5-9-16(12)18)17(19-2)11-13-6-4-7-14(10-13)20-3/h4-10,17,19H,11H2,1-3H3. The first kappa shape index (κ1) is 14.9. The number of hydrogen-bond acceptors (Lipinski definition) is 2. The van der Waals surface area contributed by atoms with Gasteiger partial charge in [0, 0.05) is 11.1 Å². The fourth-order valence-electron chi connectivity index (χ4n) is 2.40. The third-order valence-corrected chi connectivity index (χ3v) is 4.02. The van der Waals surface area contributed by atoms with E-state index in [9.17, 15) is 0 Å². The molecule has 0 spiro atoms. The molecule has 1 N–H and O–H groups in total. The van der Waals surface area contributed by atoms with Gasteiger partial charge in [0.05, 0.1) is 7.11 Å². The molecular formula is C17H20ClNO. The molecule has 0 aromatic heterocycles. The first-order chi connectivity index (χ1) is 9.65. The van der Waals surface area contributed by atoms with E-state index in [0.717, 1.165) is 22.8 Å². The van der Waals surface area contributed by atoms with E-state index in [1.807, 2.05) is 31.3 Å². The average molecular weight is 290 g/mol. The zero-order valence-electron chi connectivity index (χ0n) is 12.1.